The highest BCUT2D eigenvalue weighted by atomic mass is 19.3. The van der Waals surface area contributed by atoms with Gasteiger partial charge in [-0.2, -0.15) is 5.26 Å². The van der Waals surface area contributed by atoms with Gasteiger partial charge in [0.15, 0.2) is 11.4 Å². The molecule has 0 saturated carbocycles. The van der Waals surface area contributed by atoms with Crippen molar-refractivity contribution in [2.24, 2.45) is 0 Å². The Morgan fingerprint density at radius 1 is 1.40 bits per heavy atom. The van der Waals surface area contributed by atoms with E-state index in [0.717, 1.165) is 6.20 Å². The van der Waals surface area contributed by atoms with Crippen LogP contribution < -0.4 is 9.47 Å². The van der Waals surface area contributed by atoms with Crippen LogP contribution in [-0.4, -0.2) is 19.2 Å². The van der Waals surface area contributed by atoms with Crippen LogP contribution in [0.25, 0.3) is 0 Å². The lowest BCUT2D eigenvalue weighted by atomic mass is 10.2. The van der Waals surface area contributed by atoms with Gasteiger partial charge in [0.2, 0.25) is 0 Å². The molecule has 80 valence electrons. The number of methoxy groups -OCH3 is 2. The topological polar surface area (TPSA) is 55.1 Å². The van der Waals surface area contributed by atoms with Crippen molar-refractivity contribution >= 4 is 0 Å². The van der Waals surface area contributed by atoms with Gasteiger partial charge in [-0.25, -0.2) is 13.8 Å². The van der Waals surface area contributed by atoms with E-state index in [-0.39, 0.29) is 17.2 Å². The van der Waals surface area contributed by atoms with Gasteiger partial charge in [-0.3, -0.25) is 0 Å². The second kappa shape index (κ2) is 4.55. The number of rotatable bonds is 3. The van der Waals surface area contributed by atoms with Crippen LogP contribution in [0.5, 0.6) is 11.5 Å². The number of alkyl halides is 2. The largest absolute Gasteiger partial charge is 0.494 e. The second-order valence-corrected chi connectivity index (χ2v) is 2.53. The van der Waals surface area contributed by atoms with Crippen LogP contribution in [0.2, 0.25) is 0 Å². The Hall–Kier alpha value is -1.90. The molecule has 0 aliphatic rings. The van der Waals surface area contributed by atoms with E-state index in [4.69, 9.17) is 14.7 Å². The molecule has 1 aromatic rings. The summed E-state index contributed by atoms with van der Waals surface area (Å²) in [5.74, 6) is -0.340. The molecule has 0 saturated heterocycles. The van der Waals surface area contributed by atoms with Gasteiger partial charge in [-0.05, 0) is 0 Å². The molecule has 0 aromatic carbocycles. The first-order valence-corrected chi connectivity index (χ1v) is 3.94. The average molecular weight is 214 g/mol. The minimum absolute atomic E-state index is 0.0964. The quantitative estimate of drug-likeness (QED) is 0.771. The first-order valence-electron chi connectivity index (χ1n) is 3.94. The van der Waals surface area contributed by atoms with Crippen molar-refractivity contribution in [2.45, 2.75) is 6.43 Å². The van der Waals surface area contributed by atoms with E-state index in [1.54, 1.807) is 6.07 Å². The van der Waals surface area contributed by atoms with Crippen molar-refractivity contribution in [3.63, 3.8) is 0 Å². The summed E-state index contributed by atoms with van der Waals surface area (Å²) in [6.07, 6.45) is -1.72. The van der Waals surface area contributed by atoms with Gasteiger partial charge in [0.05, 0.1) is 20.4 Å². The molecule has 4 nitrogen and oxygen atoms in total. The summed E-state index contributed by atoms with van der Waals surface area (Å²) in [5.41, 5.74) is -0.639. The van der Waals surface area contributed by atoms with E-state index in [2.05, 4.69) is 4.98 Å². The van der Waals surface area contributed by atoms with Crippen molar-refractivity contribution in [3.05, 3.63) is 17.5 Å². The van der Waals surface area contributed by atoms with Gasteiger partial charge in [0.25, 0.3) is 6.43 Å². The SMILES string of the molecule is COc1cnc(C#N)c(OC)c1C(F)F. The number of hydrogen-bond donors (Lipinski definition) is 0. The molecule has 0 atom stereocenters. The molecule has 0 N–H and O–H groups in total. The minimum atomic E-state index is -2.79. The lowest BCUT2D eigenvalue weighted by molar-refractivity contribution is 0.142. The van der Waals surface area contributed by atoms with Crippen LogP contribution in [0.1, 0.15) is 17.7 Å². The Bertz CT molecular complexity index is 402. The fraction of sp³-hybridized carbons (Fsp3) is 0.333. The average Bonchev–Trinajstić information content (AvgIpc) is 2.26. The molecule has 1 aromatic heterocycles. The predicted octanol–water partition coefficient (Wildman–Crippen LogP) is 1.91. The van der Waals surface area contributed by atoms with Gasteiger partial charge in [-0.15, -0.1) is 0 Å². The van der Waals surface area contributed by atoms with Gasteiger partial charge in [-0.1, -0.05) is 0 Å². The van der Waals surface area contributed by atoms with E-state index >= 15 is 0 Å². The number of ether oxygens (including phenoxy) is 2. The maximum absolute atomic E-state index is 12.7. The molecule has 1 rings (SSSR count). The van der Waals surface area contributed by atoms with E-state index in [1.807, 2.05) is 0 Å². The summed E-state index contributed by atoms with van der Waals surface area (Å²) in [7, 11) is 2.44. The Kier molecular flexibility index (Phi) is 3.39. The molecule has 6 heteroatoms. The van der Waals surface area contributed by atoms with Crippen LogP contribution in [0, 0.1) is 11.3 Å². The van der Waals surface area contributed by atoms with Crippen molar-refractivity contribution in [3.8, 4) is 17.6 Å². The fourth-order valence-electron chi connectivity index (χ4n) is 1.15. The molecule has 1 heterocycles. The molecule has 0 amide bonds. The first kappa shape index (κ1) is 11.2. The maximum atomic E-state index is 12.7. The molecule has 15 heavy (non-hydrogen) atoms. The highest BCUT2D eigenvalue weighted by Crippen LogP contribution is 2.37. The zero-order valence-electron chi connectivity index (χ0n) is 8.12. The maximum Gasteiger partial charge on any atom is 0.271 e. The number of hydrogen-bond acceptors (Lipinski definition) is 4. The van der Waals surface area contributed by atoms with Crippen molar-refractivity contribution in [1.82, 2.24) is 4.98 Å². The zero-order valence-corrected chi connectivity index (χ0v) is 8.12. The zero-order chi connectivity index (χ0) is 11.4. The Morgan fingerprint density at radius 2 is 2.07 bits per heavy atom. The molecule has 0 aliphatic heterocycles. The Labute approximate surface area is 85.1 Å². The van der Waals surface area contributed by atoms with Gasteiger partial charge >= 0.3 is 0 Å². The molecule has 0 spiro atoms. The molecular formula is C9H8F2N2O2. The van der Waals surface area contributed by atoms with Crippen molar-refractivity contribution in [2.75, 3.05) is 14.2 Å². The van der Waals surface area contributed by atoms with E-state index in [9.17, 15) is 8.78 Å². The summed E-state index contributed by atoms with van der Waals surface area (Å²) in [6.45, 7) is 0. The number of nitriles is 1. The van der Waals surface area contributed by atoms with E-state index in [0.29, 0.717) is 0 Å². The molecule has 0 fully saturated rings. The number of aromatic nitrogens is 1. The summed E-state index contributed by atoms with van der Waals surface area (Å²) < 4.78 is 34.8. The standard InChI is InChI=1S/C9H8F2N2O2/c1-14-6-4-13-5(3-12)8(15-2)7(6)9(10)11/h4,9H,1-2H3. The number of nitrogens with zero attached hydrogens (tertiary/aromatic N) is 2. The molecule has 0 aliphatic carbocycles. The monoisotopic (exact) mass is 214 g/mol. The lowest BCUT2D eigenvalue weighted by Gasteiger charge is -2.12. The van der Waals surface area contributed by atoms with E-state index < -0.39 is 12.0 Å². The second-order valence-electron chi connectivity index (χ2n) is 2.53. The number of halogens is 2. The van der Waals surface area contributed by atoms with Gasteiger partial charge < -0.3 is 9.47 Å². The van der Waals surface area contributed by atoms with Crippen LogP contribution in [-0.2, 0) is 0 Å². The minimum Gasteiger partial charge on any atom is -0.494 e. The van der Waals surface area contributed by atoms with Crippen molar-refractivity contribution < 1.29 is 18.3 Å². The third-order valence-electron chi connectivity index (χ3n) is 1.78. The summed E-state index contributed by atoms with van der Waals surface area (Å²) in [5, 5.41) is 8.64. The van der Waals surface area contributed by atoms with Crippen LogP contribution in [0.15, 0.2) is 6.20 Å². The van der Waals surface area contributed by atoms with Gasteiger partial charge in [0.1, 0.15) is 17.4 Å². The summed E-state index contributed by atoms with van der Waals surface area (Å²) >= 11 is 0. The number of pyridine rings is 1. The van der Waals surface area contributed by atoms with Crippen LogP contribution in [0.3, 0.4) is 0 Å². The highest BCUT2D eigenvalue weighted by Gasteiger charge is 2.23. The fourth-order valence-corrected chi connectivity index (χ4v) is 1.15. The normalized spacial score (nSPS) is 9.87. The Balaban J connectivity index is 3.46. The first-order chi connectivity index (χ1) is 7.15. The third-order valence-corrected chi connectivity index (χ3v) is 1.78. The van der Waals surface area contributed by atoms with Crippen LogP contribution >= 0.6 is 0 Å². The summed E-state index contributed by atoms with van der Waals surface area (Å²) in [6, 6.07) is 1.67. The van der Waals surface area contributed by atoms with E-state index in [1.165, 1.54) is 14.2 Å². The summed E-state index contributed by atoms with van der Waals surface area (Å²) in [4.78, 5) is 3.64. The Morgan fingerprint density at radius 3 is 2.47 bits per heavy atom. The predicted molar refractivity (Wildman–Crippen MR) is 47.0 cm³/mol. The highest BCUT2D eigenvalue weighted by molar-refractivity contribution is 5.51. The molecule has 0 unspecified atom stereocenters. The van der Waals surface area contributed by atoms with Crippen LogP contribution in [0.4, 0.5) is 8.78 Å². The third kappa shape index (κ3) is 1.96. The van der Waals surface area contributed by atoms with Gasteiger partial charge in [0, 0.05) is 0 Å². The molecule has 0 radical (unpaired) electrons. The lowest BCUT2D eigenvalue weighted by Crippen LogP contribution is -2.01. The molecule has 0 bridgehead atoms. The molecular weight excluding hydrogens is 206 g/mol. The van der Waals surface area contributed by atoms with Crippen molar-refractivity contribution in [1.29, 1.82) is 5.26 Å². The smallest absolute Gasteiger partial charge is 0.271 e.